The van der Waals surface area contributed by atoms with Gasteiger partial charge in [-0.05, 0) is 44.2 Å². The van der Waals surface area contributed by atoms with Crippen LogP contribution in [0, 0.1) is 0 Å². The van der Waals surface area contributed by atoms with E-state index in [1.807, 2.05) is 0 Å². The monoisotopic (exact) mass is 437 g/mol. The zero-order valence-corrected chi connectivity index (χ0v) is 18.3. The summed E-state index contributed by atoms with van der Waals surface area (Å²) >= 11 is 0. The number of ether oxygens (including phenoxy) is 1. The average molecular weight is 438 g/mol. The molecule has 0 spiro atoms. The third-order valence-electron chi connectivity index (χ3n) is 4.32. The van der Waals surface area contributed by atoms with Gasteiger partial charge in [0.2, 0.25) is 15.9 Å². The van der Waals surface area contributed by atoms with E-state index < -0.39 is 27.9 Å². The summed E-state index contributed by atoms with van der Waals surface area (Å²) < 4.78 is 37.8. The number of nitrogens with zero attached hydrogens (tertiary/aromatic N) is 1. The van der Waals surface area contributed by atoms with Crippen molar-refractivity contribution in [3.05, 3.63) is 42.4 Å². The van der Waals surface area contributed by atoms with Crippen LogP contribution in [0.3, 0.4) is 0 Å². The Kier molecular flexibility index (Phi) is 8.01. The normalized spacial score (nSPS) is 12.4. The number of rotatable bonds is 10. The fraction of sp³-hybridized carbons (Fsp3) is 0.400. The van der Waals surface area contributed by atoms with Gasteiger partial charge in [0.05, 0.1) is 12.9 Å². The molecule has 0 aliphatic rings. The number of hydrogen-bond donors (Lipinski definition) is 2. The van der Waals surface area contributed by atoms with Gasteiger partial charge in [0.1, 0.15) is 16.7 Å². The van der Waals surface area contributed by atoms with Crippen molar-refractivity contribution in [2.45, 2.75) is 38.6 Å². The molecular weight excluding hydrogens is 410 g/mol. The van der Waals surface area contributed by atoms with Gasteiger partial charge in [0.25, 0.3) is 5.91 Å². The van der Waals surface area contributed by atoms with E-state index >= 15 is 0 Å². The minimum Gasteiger partial charge on any atom is -0.492 e. The SMILES string of the molecule is CCOc1ccc(NC(=O)[C@@H](C)NC(=O)c2ccco2)cc1S(=O)(=O)N(CC)CC. The number of carbonyl (C=O) groups is 2. The maximum atomic E-state index is 13.0. The van der Waals surface area contributed by atoms with E-state index in [0.717, 1.165) is 0 Å². The highest BCUT2D eigenvalue weighted by Gasteiger charge is 2.27. The molecule has 0 radical (unpaired) electrons. The average Bonchev–Trinajstić information content (AvgIpc) is 3.25. The van der Waals surface area contributed by atoms with Crippen LogP contribution in [0.2, 0.25) is 0 Å². The Bertz CT molecular complexity index is 968. The van der Waals surface area contributed by atoms with Gasteiger partial charge >= 0.3 is 0 Å². The smallest absolute Gasteiger partial charge is 0.287 e. The van der Waals surface area contributed by atoms with Crippen LogP contribution in [0.25, 0.3) is 0 Å². The van der Waals surface area contributed by atoms with E-state index in [4.69, 9.17) is 9.15 Å². The van der Waals surface area contributed by atoms with Crippen LogP contribution in [0.5, 0.6) is 5.75 Å². The van der Waals surface area contributed by atoms with E-state index in [1.165, 1.54) is 35.7 Å². The second kappa shape index (κ2) is 10.3. The quantitative estimate of drug-likeness (QED) is 0.590. The van der Waals surface area contributed by atoms with Crippen molar-refractivity contribution < 1.29 is 27.2 Å². The first-order valence-electron chi connectivity index (χ1n) is 9.66. The molecule has 0 aliphatic heterocycles. The molecule has 2 N–H and O–H groups in total. The van der Waals surface area contributed by atoms with Gasteiger partial charge in [0.15, 0.2) is 5.76 Å². The summed E-state index contributed by atoms with van der Waals surface area (Å²) in [5.41, 5.74) is 0.272. The molecule has 1 heterocycles. The summed E-state index contributed by atoms with van der Waals surface area (Å²) in [6.45, 7) is 7.66. The first-order chi connectivity index (χ1) is 14.2. The maximum absolute atomic E-state index is 13.0. The van der Waals surface area contributed by atoms with Crippen LogP contribution < -0.4 is 15.4 Å². The van der Waals surface area contributed by atoms with E-state index in [1.54, 1.807) is 32.9 Å². The third-order valence-corrected chi connectivity index (χ3v) is 6.39. The van der Waals surface area contributed by atoms with Gasteiger partial charge in [-0.2, -0.15) is 4.31 Å². The first kappa shape index (κ1) is 23.4. The number of carbonyl (C=O) groups excluding carboxylic acids is 2. The molecule has 0 unspecified atom stereocenters. The fourth-order valence-electron chi connectivity index (χ4n) is 2.76. The molecule has 0 fully saturated rings. The molecule has 1 aromatic heterocycles. The van der Waals surface area contributed by atoms with Crippen molar-refractivity contribution in [2.75, 3.05) is 25.0 Å². The molecule has 0 saturated carbocycles. The number of furan rings is 1. The Morgan fingerprint density at radius 2 is 1.87 bits per heavy atom. The molecule has 164 valence electrons. The van der Waals surface area contributed by atoms with Crippen molar-refractivity contribution >= 4 is 27.5 Å². The Balaban J connectivity index is 2.23. The molecule has 9 nitrogen and oxygen atoms in total. The number of nitrogens with one attached hydrogen (secondary N) is 2. The maximum Gasteiger partial charge on any atom is 0.287 e. The summed E-state index contributed by atoms with van der Waals surface area (Å²) in [7, 11) is -3.81. The molecule has 0 aliphatic carbocycles. The highest BCUT2D eigenvalue weighted by atomic mass is 32.2. The Morgan fingerprint density at radius 1 is 1.17 bits per heavy atom. The third kappa shape index (κ3) is 5.39. The molecule has 2 rings (SSSR count). The molecule has 1 aromatic carbocycles. The molecule has 2 amide bonds. The lowest BCUT2D eigenvalue weighted by Gasteiger charge is -2.21. The van der Waals surface area contributed by atoms with Crippen molar-refractivity contribution in [1.82, 2.24) is 9.62 Å². The molecular formula is C20H27N3O6S. The lowest BCUT2D eigenvalue weighted by molar-refractivity contribution is -0.117. The number of sulfonamides is 1. The standard InChI is InChI=1S/C20H27N3O6S/c1-5-23(6-2)30(26,27)18-13-15(10-11-16(18)28-7-3)22-19(24)14(4)21-20(25)17-9-8-12-29-17/h8-14H,5-7H2,1-4H3,(H,21,25)(H,22,24)/t14-/m1/s1. The van der Waals surface area contributed by atoms with E-state index in [0.29, 0.717) is 19.7 Å². The number of benzene rings is 1. The molecule has 0 saturated heterocycles. The van der Waals surface area contributed by atoms with Crippen molar-refractivity contribution in [2.24, 2.45) is 0 Å². The summed E-state index contributed by atoms with van der Waals surface area (Å²) in [6.07, 6.45) is 1.36. The lowest BCUT2D eigenvalue weighted by atomic mass is 10.2. The molecule has 30 heavy (non-hydrogen) atoms. The van der Waals surface area contributed by atoms with E-state index in [9.17, 15) is 18.0 Å². The fourth-order valence-corrected chi connectivity index (χ4v) is 4.37. The zero-order chi connectivity index (χ0) is 22.3. The minimum atomic E-state index is -3.81. The van der Waals surface area contributed by atoms with Gasteiger partial charge in [-0.25, -0.2) is 8.42 Å². The van der Waals surface area contributed by atoms with Gasteiger partial charge < -0.3 is 19.8 Å². The van der Waals surface area contributed by atoms with Crippen LogP contribution in [0.1, 0.15) is 38.2 Å². The molecule has 2 aromatic rings. The van der Waals surface area contributed by atoms with Crippen LogP contribution >= 0.6 is 0 Å². The summed E-state index contributed by atoms with van der Waals surface area (Å²) in [5.74, 6) is -0.741. The minimum absolute atomic E-state index is 0.0295. The van der Waals surface area contributed by atoms with Crippen LogP contribution in [0.15, 0.2) is 45.9 Å². The van der Waals surface area contributed by atoms with E-state index in [-0.39, 0.29) is 22.1 Å². The zero-order valence-electron chi connectivity index (χ0n) is 17.5. The Labute approximate surface area is 176 Å². The Morgan fingerprint density at radius 3 is 2.43 bits per heavy atom. The van der Waals surface area contributed by atoms with Crippen molar-refractivity contribution in [3.63, 3.8) is 0 Å². The lowest BCUT2D eigenvalue weighted by Crippen LogP contribution is -2.41. The molecule has 10 heteroatoms. The van der Waals surface area contributed by atoms with Gasteiger partial charge in [-0.3, -0.25) is 9.59 Å². The topological polar surface area (TPSA) is 118 Å². The largest absolute Gasteiger partial charge is 0.492 e. The van der Waals surface area contributed by atoms with Crippen molar-refractivity contribution in [1.29, 1.82) is 0 Å². The summed E-state index contributed by atoms with van der Waals surface area (Å²) in [4.78, 5) is 24.5. The van der Waals surface area contributed by atoms with Crippen molar-refractivity contribution in [3.8, 4) is 5.75 Å². The van der Waals surface area contributed by atoms with Gasteiger partial charge in [-0.1, -0.05) is 13.8 Å². The highest BCUT2D eigenvalue weighted by molar-refractivity contribution is 7.89. The molecule has 1 atom stereocenters. The predicted octanol–water partition coefficient (Wildman–Crippen LogP) is 2.47. The number of anilines is 1. The highest BCUT2D eigenvalue weighted by Crippen LogP contribution is 2.30. The predicted molar refractivity (Wildman–Crippen MR) is 112 cm³/mol. The summed E-state index contributed by atoms with van der Waals surface area (Å²) in [5, 5.41) is 5.15. The Hall–Kier alpha value is -2.85. The molecule has 0 bridgehead atoms. The van der Waals surface area contributed by atoms with Crippen LogP contribution in [-0.2, 0) is 14.8 Å². The second-order valence-electron chi connectivity index (χ2n) is 6.35. The van der Waals surface area contributed by atoms with Gasteiger partial charge in [-0.15, -0.1) is 0 Å². The first-order valence-corrected chi connectivity index (χ1v) is 11.1. The number of amides is 2. The van der Waals surface area contributed by atoms with Crippen LogP contribution in [-0.4, -0.2) is 50.3 Å². The summed E-state index contributed by atoms with van der Waals surface area (Å²) in [6, 6.07) is 6.58. The van der Waals surface area contributed by atoms with E-state index in [2.05, 4.69) is 10.6 Å². The van der Waals surface area contributed by atoms with Gasteiger partial charge in [0, 0.05) is 18.8 Å². The number of hydrogen-bond acceptors (Lipinski definition) is 6. The second-order valence-corrected chi connectivity index (χ2v) is 8.25. The van der Waals surface area contributed by atoms with Crippen LogP contribution in [0.4, 0.5) is 5.69 Å².